The third-order valence-corrected chi connectivity index (χ3v) is 6.27. The van der Waals surface area contributed by atoms with Crippen LogP contribution in [0.1, 0.15) is 23.1 Å². The second kappa shape index (κ2) is 6.46. The van der Waals surface area contributed by atoms with Gasteiger partial charge in [-0.05, 0) is 49.4 Å². The van der Waals surface area contributed by atoms with Crippen LogP contribution < -0.4 is 4.90 Å². The van der Waals surface area contributed by atoms with Crippen LogP contribution in [0, 0.1) is 13.8 Å². The van der Waals surface area contributed by atoms with Crippen molar-refractivity contribution in [2.45, 2.75) is 26.7 Å². The van der Waals surface area contributed by atoms with Crippen molar-refractivity contribution in [3.63, 3.8) is 0 Å². The summed E-state index contributed by atoms with van der Waals surface area (Å²) in [7, 11) is 0. The van der Waals surface area contributed by atoms with Crippen molar-refractivity contribution in [2.75, 3.05) is 11.4 Å². The van der Waals surface area contributed by atoms with Crippen LogP contribution in [0.25, 0.3) is 21.3 Å². The van der Waals surface area contributed by atoms with Gasteiger partial charge in [0.15, 0.2) is 0 Å². The minimum Gasteiger partial charge on any atom is -0.325 e. The number of para-hydroxylation sites is 1. The average molecular weight is 372 g/mol. The van der Waals surface area contributed by atoms with E-state index in [2.05, 4.69) is 71.6 Å². The fourth-order valence-electron chi connectivity index (χ4n) is 4.13. The molecule has 4 aromatic rings. The van der Waals surface area contributed by atoms with Crippen molar-refractivity contribution in [1.82, 2.24) is 9.97 Å². The van der Waals surface area contributed by atoms with E-state index in [1.165, 1.54) is 38.9 Å². The molecule has 3 heterocycles. The molecule has 0 unspecified atom stereocenters. The first kappa shape index (κ1) is 16.5. The van der Waals surface area contributed by atoms with Gasteiger partial charge in [-0.2, -0.15) is 0 Å². The number of fused-ring (bicyclic) bond motifs is 2. The van der Waals surface area contributed by atoms with E-state index in [1.807, 2.05) is 0 Å². The summed E-state index contributed by atoms with van der Waals surface area (Å²) in [5.41, 5.74) is 7.78. The molecule has 2 aromatic heterocycles. The Hall–Kier alpha value is -2.72. The monoisotopic (exact) mass is 371 g/mol. The lowest BCUT2D eigenvalue weighted by Gasteiger charge is -2.31. The van der Waals surface area contributed by atoms with Crippen LogP contribution in [0.4, 0.5) is 11.5 Å². The van der Waals surface area contributed by atoms with E-state index in [1.54, 1.807) is 17.7 Å². The molecule has 3 nitrogen and oxygen atoms in total. The van der Waals surface area contributed by atoms with Crippen molar-refractivity contribution in [2.24, 2.45) is 0 Å². The number of hydrogen-bond donors (Lipinski definition) is 0. The highest BCUT2D eigenvalue weighted by molar-refractivity contribution is 7.17. The lowest BCUT2D eigenvalue weighted by molar-refractivity contribution is 0.761. The number of nitrogens with zero attached hydrogens (tertiary/aromatic N) is 3. The first-order valence-electron chi connectivity index (χ1n) is 9.37. The lowest BCUT2D eigenvalue weighted by Crippen LogP contribution is -2.25. The molecule has 0 N–H and O–H groups in total. The van der Waals surface area contributed by atoms with Gasteiger partial charge in [-0.1, -0.05) is 42.0 Å². The predicted octanol–water partition coefficient (Wildman–Crippen LogP) is 6.06. The largest absolute Gasteiger partial charge is 0.325 e. The Morgan fingerprint density at radius 2 is 1.89 bits per heavy atom. The first-order valence-corrected chi connectivity index (χ1v) is 10.3. The quantitative estimate of drug-likeness (QED) is 0.429. The van der Waals surface area contributed by atoms with Gasteiger partial charge in [-0.25, -0.2) is 9.97 Å². The molecule has 0 radical (unpaired) electrons. The van der Waals surface area contributed by atoms with Gasteiger partial charge < -0.3 is 4.90 Å². The standard InChI is InChI=1S/C23H21N3S/c1-15-9-10-18(16(2)12-15)19-13-27-23-21(19)22(24-14-25-23)26-11-5-7-17-6-3-4-8-20(17)26/h3-4,6,8-10,12-14H,5,7,11H2,1-2H3. The summed E-state index contributed by atoms with van der Waals surface area (Å²) in [5, 5.41) is 3.40. The maximum Gasteiger partial charge on any atom is 0.145 e. The van der Waals surface area contributed by atoms with Gasteiger partial charge in [0.25, 0.3) is 0 Å². The summed E-state index contributed by atoms with van der Waals surface area (Å²) in [4.78, 5) is 12.8. The van der Waals surface area contributed by atoms with Crippen LogP contribution in [-0.2, 0) is 6.42 Å². The van der Waals surface area contributed by atoms with Gasteiger partial charge in [0.2, 0.25) is 0 Å². The van der Waals surface area contributed by atoms with E-state index in [0.717, 1.165) is 30.0 Å². The topological polar surface area (TPSA) is 29.0 Å². The Morgan fingerprint density at radius 1 is 1.00 bits per heavy atom. The van der Waals surface area contributed by atoms with Crippen molar-refractivity contribution in [3.05, 3.63) is 70.9 Å². The van der Waals surface area contributed by atoms with Crippen molar-refractivity contribution in [3.8, 4) is 11.1 Å². The van der Waals surface area contributed by atoms with E-state index in [4.69, 9.17) is 4.98 Å². The van der Waals surface area contributed by atoms with Gasteiger partial charge in [-0.3, -0.25) is 0 Å². The van der Waals surface area contributed by atoms with Crippen LogP contribution in [0.5, 0.6) is 0 Å². The lowest BCUT2D eigenvalue weighted by atomic mass is 9.98. The highest BCUT2D eigenvalue weighted by atomic mass is 32.1. The van der Waals surface area contributed by atoms with E-state index in [0.29, 0.717) is 0 Å². The smallest absolute Gasteiger partial charge is 0.145 e. The zero-order chi connectivity index (χ0) is 18.4. The number of anilines is 2. The van der Waals surface area contributed by atoms with E-state index in [-0.39, 0.29) is 0 Å². The Bertz CT molecular complexity index is 1150. The Kier molecular flexibility index (Phi) is 3.94. The van der Waals surface area contributed by atoms with Gasteiger partial charge in [0.05, 0.1) is 5.39 Å². The molecule has 1 aliphatic rings. The fraction of sp³-hybridized carbons (Fsp3) is 0.217. The van der Waals surface area contributed by atoms with Crippen molar-refractivity contribution in [1.29, 1.82) is 0 Å². The normalized spacial score (nSPS) is 13.8. The number of hydrogen-bond acceptors (Lipinski definition) is 4. The molecule has 0 bridgehead atoms. The third-order valence-electron chi connectivity index (χ3n) is 5.39. The number of benzene rings is 2. The second-order valence-corrected chi connectivity index (χ2v) is 8.09. The number of aromatic nitrogens is 2. The molecule has 2 aromatic carbocycles. The summed E-state index contributed by atoms with van der Waals surface area (Å²) in [6, 6.07) is 15.4. The minimum absolute atomic E-state index is 0.991. The highest BCUT2D eigenvalue weighted by Crippen LogP contribution is 2.42. The van der Waals surface area contributed by atoms with Crippen LogP contribution >= 0.6 is 11.3 Å². The van der Waals surface area contributed by atoms with Gasteiger partial charge >= 0.3 is 0 Å². The second-order valence-electron chi connectivity index (χ2n) is 7.23. The molecule has 0 spiro atoms. The molecular formula is C23H21N3S. The van der Waals surface area contributed by atoms with Crippen LogP contribution in [-0.4, -0.2) is 16.5 Å². The van der Waals surface area contributed by atoms with Gasteiger partial charge in [-0.15, -0.1) is 11.3 Å². The Balaban J connectivity index is 1.74. The number of thiophene rings is 1. The first-order chi connectivity index (χ1) is 13.2. The minimum atomic E-state index is 0.991. The summed E-state index contributed by atoms with van der Waals surface area (Å²) in [6.07, 6.45) is 3.98. The molecule has 0 saturated heterocycles. The summed E-state index contributed by atoms with van der Waals surface area (Å²) in [6.45, 7) is 5.32. The molecule has 0 aliphatic carbocycles. The van der Waals surface area contributed by atoms with Gasteiger partial charge in [0, 0.05) is 23.2 Å². The molecule has 27 heavy (non-hydrogen) atoms. The SMILES string of the molecule is Cc1ccc(-c2csc3ncnc(N4CCCc5ccccc54)c23)c(C)c1. The maximum absolute atomic E-state index is 4.76. The number of rotatable bonds is 2. The molecule has 0 atom stereocenters. The molecule has 0 saturated carbocycles. The van der Waals surface area contributed by atoms with E-state index >= 15 is 0 Å². The van der Waals surface area contributed by atoms with E-state index < -0.39 is 0 Å². The third kappa shape index (κ3) is 2.72. The average Bonchev–Trinajstić information content (AvgIpc) is 3.12. The zero-order valence-electron chi connectivity index (χ0n) is 15.6. The molecule has 0 fully saturated rings. The molecule has 0 amide bonds. The van der Waals surface area contributed by atoms with E-state index in [9.17, 15) is 0 Å². The summed E-state index contributed by atoms with van der Waals surface area (Å²) < 4.78 is 0. The predicted molar refractivity (Wildman–Crippen MR) is 114 cm³/mol. The molecular weight excluding hydrogens is 350 g/mol. The van der Waals surface area contributed by atoms with Gasteiger partial charge in [0.1, 0.15) is 17.0 Å². The molecule has 1 aliphatic heterocycles. The van der Waals surface area contributed by atoms with Crippen molar-refractivity contribution < 1.29 is 0 Å². The maximum atomic E-state index is 4.76. The fourth-order valence-corrected chi connectivity index (χ4v) is 5.03. The Morgan fingerprint density at radius 3 is 2.78 bits per heavy atom. The molecule has 134 valence electrons. The summed E-state index contributed by atoms with van der Waals surface area (Å²) in [5.74, 6) is 1.03. The summed E-state index contributed by atoms with van der Waals surface area (Å²) >= 11 is 1.70. The highest BCUT2D eigenvalue weighted by Gasteiger charge is 2.23. The van der Waals surface area contributed by atoms with Crippen molar-refractivity contribution >= 4 is 33.1 Å². The number of aryl methyl sites for hydroxylation is 3. The zero-order valence-corrected chi connectivity index (χ0v) is 16.4. The molecule has 4 heteroatoms. The molecule has 5 rings (SSSR count). The van der Waals surface area contributed by atoms with Crippen LogP contribution in [0.15, 0.2) is 54.2 Å². The Labute approximate surface area is 163 Å². The van der Waals surface area contributed by atoms with Crippen LogP contribution in [0.2, 0.25) is 0 Å². The van der Waals surface area contributed by atoms with Crippen LogP contribution in [0.3, 0.4) is 0 Å².